The normalized spacial score (nSPS) is 12.4. The number of fused-ring (bicyclic) bond motifs is 1. The zero-order valence-corrected chi connectivity index (χ0v) is 16.4. The second-order valence-corrected chi connectivity index (χ2v) is 7.50. The lowest BCUT2D eigenvalue weighted by Gasteiger charge is -2.08. The van der Waals surface area contributed by atoms with Crippen LogP contribution < -0.4 is 10.6 Å². The van der Waals surface area contributed by atoms with E-state index in [9.17, 15) is 4.79 Å². The largest absolute Gasteiger partial charge is 0.352 e. The van der Waals surface area contributed by atoms with Crippen LogP contribution >= 0.6 is 24.2 Å². The number of nitrogens with one attached hydrogen (secondary N) is 2. The van der Waals surface area contributed by atoms with Gasteiger partial charge in [-0.1, -0.05) is 24.3 Å². The Labute approximate surface area is 160 Å². The third-order valence-electron chi connectivity index (χ3n) is 4.47. The third kappa shape index (κ3) is 5.50. The molecular weight excluding hydrogens is 352 g/mol. The van der Waals surface area contributed by atoms with Crippen molar-refractivity contribution in [1.82, 2.24) is 10.6 Å². The zero-order valence-electron chi connectivity index (χ0n) is 14.7. The minimum absolute atomic E-state index is 0. The molecule has 3 nitrogen and oxygen atoms in total. The molecular formula is C20H25ClN2OS. The van der Waals surface area contributed by atoms with E-state index in [-0.39, 0.29) is 18.3 Å². The Bertz CT molecular complexity index is 748. The van der Waals surface area contributed by atoms with Crippen LogP contribution in [0.2, 0.25) is 0 Å². The summed E-state index contributed by atoms with van der Waals surface area (Å²) >= 11 is 1.74. The molecule has 2 aromatic carbocycles. The van der Waals surface area contributed by atoms with Gasteiger partial charge in [-0.2, -0.15) is 0 Å². The molecule has 0 aliphatic carbocycles. The Morgan fingerprint density at radius 2 is 1.88 bits per heavy atom. The minimum atomic E-state index is 0. The van der Waals surface area contributed by atoms with E-state index in [1.54, 1.807) is 11.8 Å². The molecule has 0 spiro atoms. The van der Waals surface area contributed by atoms with Gasteiger partial charge >= 0.3 is 0 Å². The first-order chi connectivity index (χ1) is 11.6. The highest BCUT2D eigenvalue weighted by molar-refractivity contribution is 7.99. The van der Waals surface area contributed by atoms with Crippen molar-refractivity contribution in [2.75, 3.05) is 5.75 Å². The number of carbonyl (C=O) groups is 1. The lowest BCUT2D eigenvalue weighted by Crippen LogP contribution is -2.23. The number of amides is 1. The lowest BCUT2D eigenvalue weighted by atomic mass is 10.1. The van der Waals surface area contributed by atoms with Crippen LogP contribution in [0.4, 0.5) is 0 Å². The van der Waals surface area contributed by atoms with Crippen LogP contribution in [0.1, 0.15) is 34.2 Å². The number of thioether (sulfide) groups is 1. The molecule has 5 heteroatoms. The highest BCUT2D eigenvalue weighted by Crippen LogP contribution is 2.21. The Balaban J connectivity index is 0.00000225. The van der Waals surface area contributed by atoms with Gasteiger partial charge in [0.25, 0.3) is 0 Å². The highest BCUT2D eigenvalue weighted by Gasteiger charge is 2.10. The van der Waals surface area contributed by atoms with Crippen molar-refractivity contribution in [3.63, 3.8) is 0 Å². The van der Waals surface area contributed by atoms with E-state index in [0.29, 0.717) is 13.0 Å². The van der Waals surface area contributed by atoms with E-state index in [4.69, 9.17) is 0 Å². The van der Waals surface area contributed by atoms with Crippen LogP contribution in [-0.4, -0.2) is 11.7 Å². The Hall–Kier alpha value is -1.49. The summed E-state index contributed by atoms with van der Waals surface area (Å²) in [5, 5.41) is 6.36. The van der Waals surface area contributed by atoms with Crippen molar-refractivity contribution in [2.45, 2.75) is 44.8 Å². The molecule has 2 aromatic rings. The van der Waals surface area contributed by atoms with E-state index in [1.807, 2.05) is 0 Å². The fraction of sp³-hybridized carbons (Fsp3) is 0.350. The summed E-state index contributed by atoms with van der Waals surface area (Å²) in [6.07, 6.45) is 0.546. The number of halogens is 1. The van der Waals surface area contributed by atoms with Gasteiger partial charge in [-0.05, 0) is 53.8 Å². The Kier molecular flexibility index (Phi) is 7.36. The molecule has 1 heterocycles. The van der Waals surface area contributed by atoms with E-state index in [0.717, 1.165) is 18.8 Å². The number of hydrogen-bond acceptors (Lipinski definition) is 3. The molecule has 0 atom stereocenters. The summed E-state index contributed by atoms with van der Waals surface area (Å²) in [4.78, 5) is 13.3. The molecule has 0 saturated heterocycles. The van der Waals surface area contributed by atoms with Crippen LogP contribution in [0.15, 0.2) is 41.3 Å². The topological polar surface area (TPSA) is 41.1 Å². The van der Waals surface area contributed by atoms with Crippen molar-refractivity contribution < 1.29 is 4.79 Å². The van der Waals surface area contributed by atoms with Gasteiger partial charge in [0.2, 0.25) is 5.91 Å². The van der Waals surface area contributed by atoms with Crippen LogP contribution in [-0.2, 0) is 24.4 Å². The van der Waals surface area contributed by atoms with E-state index >= 15 is 0 Å². The average molecular weight is 377 g/mol. The molecule has 0 saturated carbocycles. The van der Waals surface area contributed by atoms with Gasteiger partial charge < -0.3 is 10.6 Å². The van der Waals surface area contributed by atoms with Crippen LogP contribution in [0.3, 0.4) is 0 Å². The van der Waals surface area contributed by atoms with Crippen LogP contribution in [0.25, 0.3) is 0 Å². The quantitative estimate of drug-likeness (QED) is 0.745. The smallest absolute Gasteiger partial charge is 0.221 e. The zero-order chi connectivity index (χ0) is 16.9. The first kappa shape index (κ1) is 19.8. The Morgan fingerprint density at radius 3 is 2.68 bits per heavy atom. The number of benzene rings is 2. The first-order valence-electron chi connectivity index (χ1n) is 8.40. The monoisotopic (exact) mass is 376 g/mol. The fourth-order valence-electron chi connectivity index (χ4n) is 2.81. The molecule has 1 aliphatic heterocycles. The summed E-state index contributed by atoms with van der Waals surface area (Å²) in [5.41, 5.74) is 6.51. The molecule has 1 amide bonds. The lowest BCUT2D eigenvalue weighted by molar-refractivity contribution is -0.120. The predicted molar refractivity (Wildman–Crippen MR) is 107 cm³/mol. The molecule has 3 rings (SSSR count). The van der Waals surface area contributed by atoms with Crippen LogP contribution in [0, 0.1) is 13.8 Å². The van der Waals surface area contributed by atoms with Crippen molar-refractivity contribution in [3.05, 3.63) is 64.2 Å². The van der Waals surface area contributed by atoms with Gasteiger partial charge in [-0.15, -0.1) is 24.2 Å². The average Bonchev–Trinajstić information content (AvgIpc) is 3.04. The molecule has 134 valence electrons. The van der Waals surface area contributed by atoms with Crippen molar-refractivity contribution in [1.29, 1.82) is 0 Å². The SMILES string of the molecule is Cc1ccc(SCCC(=O)NCc2ccc3c(c2)CNC3)cc1C.Cl. The van der Waals surface area contributed by atoms with Gasteiger partial charge in [-0.25, -0.2) is 0 Å². The Morgan fingerprint density at radius 1 is 1.08 bits per heavy atom. The number of carbonyl (C=O) groups excluding carboxylic acids is 1. The molecule has 0 bridgehead atoms. The highest BCUT2D eigenvalue weighted by atomic mass is 35.5. The first-order valence-corrected chi connectivity index (χ1v) is 9.38. The molecule has 0 radical (unpaired) electrons. The second kappa shape index (κ2) is 9.27. The number of aryl methyl sites for hydroxylation is 2. The maximum Gasteiger partial charge on any atom is 0.221 e. The molecule has 25 heavy (non-hydrogen) atoms. The van der Waals surface area contributed by atoms with E-state index < -0.39 is 0 Å². The van der Waals surface area contributed by atoms with Crippen LogP contribution in [0.5, 0.6) is 0 Å². The minimum Gasteiger partial charge on any atom is -0.352 e. The summed E-state index contributed by atoms with van der Waals surface area (Å²) < 4.78 is 0. The van der Waals surface area contributed by atoms with Gasteiger partial charge in [-0.3, -0.25) is 4.79 Å². The summed E-state index contributed by atoms with van der Waals surface area (Å²) in [5.74, 6) is 0.924. The van der Waals surface area contributed by atoms with Crippen molar-refractivity contribution in [3.8, 4) is 0 Å². The molecule has 0 fully saturated rings. The molecule has 1 aliphatic rings. The standard InChI is InChI=1S/C20H24N2OS.ClH/c1-14-3-6-19(9-15(14)2)24-8-7-20(23)22-11-16-4-5-17-12-21-13-18(17)10-16;/h3-6,9-10,21H,7-8,11-13H2,1-2H3,(H,22,23);1H. The van der Waals surface area contributed by atoms with Crippen molar-refractivity contribution in [2.24, 2.45) is 0 Å². The predicted octanol–water partition coefficient (Wildman–Crippen LogP) is 4.13. The summed E-state index contributed by atoms with van der Waals surface area (Å²) in [6.45, 7) is 6.74. The third-order valence-corrected chi connectivity index (χ3v) is 5.46. The summed E-state index contributed by atoms with van der Waals surface area (Å²) in [7, 11) is 0. The second-order valence-electron chi connectivity index (χ2n) is 6.33. The fourth-order valence-corrected chi connectivity index (χ4v) is 3.76. The van der Waals surface area contributed by atoms with Gasteiger partial charge in [0.15, 0.2) is 0 Å². The number of hydrogen-bond donors (Lipinski definition) is 2. The van der Waals surface area contributed by atoms with E-state index in [2.05, 4.69) is 60.9 Å². The molecule has 0 aromatic heterocycles. The maximum atomic E-state index is 12.0. The van der Waals surface area contributed by atoms with Gasteiger partial charge in [0, 0.05) is 36.7 Å². The van der Waals surface area contributed by atoms with Gasteiger partial charge in [0.1, 0.15) is 0 Å². The van der Waals surface area contributed by atoms with E-state index in [1.165, 1.54) is 32.7 Å². The number of rotatable bonds is 6. The van der Waals surface area contributed by atoms with Gasteiger partial charge in [0.05, 0.1) is 0 Å². The van der Waals surface area contributed by atoms with Crippen molar-refractivity contribution >= 4 is 30.1 Å². The molecule has 0 unspecified atom stereocenters. The summed E-state index contributed by atoms with van der Waals surface area (Å²) in [6, 6.07) is 12.9. The maximum absolute atomic E-state index is 12.0. The molecule has 2 N–H and O–H groups in total.